The number of rotatable bonds is 4. The van der Waals surface area contributed by atoms with Gasteiger partial charge >= 0.3 is 6.18 Å². The highest BCUT2D eigenvalue weighted by Crippen LogP contribution is 2.43. The zero-order valence-corrected chi connectivity index (χ0v) is 16.4. The number of likely N-dealkylation sites (N-methyl/N-ethyl adjacent to an activating group) is 1. The summed E-state index contributed by atoms with van der Waals surface area (Å²) in [4.78, 5) is 10.1. The monoisotopic (exact) mass is 444 g/mol. The smallest absolute Gasteiger partial charge is 0.346 e. The minimum atomic E-state index is -4.88. The van der Waals surface area contributed by atoms with E-state index < -0.39 is 28.9 Å². The number of benzene rings is 1. The molecule has 4 nitrogen and oxygen atoms in total. The molecule has 0 fully saturated rings. The zero-order valence-electron chi connectivity index (χ0n) is 15.6. The summed E-state index contributed by atoms with van der Waals surface area (Å²) in [6.07, 6.45) is -3.16. The van der Waals surface area contributed by atoms with Crippen molar-refractivity contribution in [3.8, 4) is 11.4 Å². The minimum Gasteiger partial charge on any atom is -0.346 e. The van der Waals surface area contributed by atoms with Crippen LogP contribution in [0, 0.1) is 11.6 Å². The molecule has 1 aliphatic carbocycles. The number of hydrogen-bond donors (Lipinski definition) is 1. The van der Waals surface area contributed by atoms with Gasteiger partial charge in [-0.05, 0) is 43.6 Å². The van der Waals surface area contributed by atoms with E-state index in [1.165, 1.54) is 6.07 Å². The Morgan fingerprint density at radius 2 is 1.80 bits per heavy atom. The van der Waals surface area contributed by atoms with Gasteiger partial charge in [0.2, 0.25) is 0 Å². The molecule has 2 heterocycles. The number of nitrogens with zero attached hydrogens (tertiary/aromatic N) is 3. The van der Waals surface area contributed by atoms with Gasteiger partial charge in [-0.3, -0.25) is 0 Å². The molecule has 158 valence electrons. The molecule has 30 heavy (non-hydrogen) atoms. The lowest BCUT2D eigenvalue weighted by Crippen LogP contribution is -2.33. The third-order valence-electron chi connectivity index (χ3n) is 4.97. The van der Waals surface area contributed by atoms with E-state index in [4.69, 9.17) is 0 Å². The molecule has 1 atom stereocenters. The lowest BCUT2D eigenvalue weighted by Gasteiger charge is -2.33. The summed E-state index contributed by atoms with van der Waals surface area (Å²) in [6.45, 7) is 1.66. The molecule has 0 saturated heterocycles. The number of H-pyrrole nitrogens is 1. The Balaban J connectivity index is 1.83. The van der Waals surface area contributed by atoms with E-state index in [-0.39, 0.29) is 35.0 Å². The van der Waals surface area contributed by atoms with Crippen LogP contribution in [0.5, 0.6) is 0 Å². The Morgan fingerprint density at radius 1 is 1.13 bits per heavy atom. The predicted molar refractivity (Wildman–Crippen MR) is 100 cm³/mol. The van der Waals surface area contributed by atoms with Gasteiger partial charge in [-0.15, -0.1) is 0 Å². The lowest BCUT2D eigenvalue weighted by molar-refractivity contribution is -0.137. The van der Waals surface area contributed by atoms with Crippen LogP contribution in [0.3, 0.4) is 0 Å². The van der Waals surface area contributed by atoms with Crippen LogP contribution < -0.4 is 0 Å². The van der Waals surface area contributed by atoms with Gasteiger partial charge < -0.3 is 4.98 Å². The summed E-state index contributed by atoms with van der Waals surface area (Å²) in [7, 11) is 1.71. The van der Waals surface area contributed by atoms with E-state index in [0.717, 1.165) is 24.3 Å². The van der Waals surface area contributed by atoms with Gasteiger partial charge in [0, 0.05) is 17.4 Å². The van der Waals surface area contributed by atoms with Crippen molar-refractivity contribution in [2.75, 3.05) is 7.05 Å². The van der Waals surface area contributed by atoms with Crippen LogP contribution in [0.2, 0.25) is 0 Å². The number of aromatic amines is 1. The molecule has 1 aromatic carbocycles. The summed E-state index contributed by atoms with van der Waals surface area (Å²) in [6, 6.07) is 1.55. The van der Waals surface area contributed by atoms with Crippen molar-refractivity contribution in [3.63, 3.8) is 0 Å². The number of halogens is 6. The molecular formula is C19H14F6N4S. The first-order valence-corrected chi connectivity index (χ1v) is 9.50. The molecule has 0 radical (unpaired) electrons. The SMILES string of the molecule is CC1=C(F)CC1N(C)Sc1cc2c(-c3ncc(F)cn3)c(C(F)(F)F)cc(F)c2[nH]1. The first-order valence-electron chi connectivity index (χ1n) is 8.72. The first-order chi connectivity index (χ1) is 14.1. The van der Waals surface area contributed by atoms with Crippen molar-refractivity contribution in [3.05, 3.63) is 53.1 Å². The molecular weight excluding hydrogens is 430 g/mol. The predicted octanol–water partition coefficient (Wildman–Crippen LogP) is 5.88. The van der Waals surface area contributed by atoms with E-state index >= 15 is 0 Å². The molecule has 2 aromatic heterocycles. The second-order valence-corrected chi connectivity index (χ2v) is 8.07. The Labute approximate surface area is 171 Å². The number of aromatic nitrogens is 3. The molecule has 0 spiro atoms. The Kier molecular flexibility index (Phi) is 5.05. The van der Waals surface area contributed by atoms with Gasteiger partial charge in [-0.2, -0.15) is 13.2 Å². The van der Waals surface area contributed by atoms with Crippen LogP contribution in [0.1, 0.15) is 18.9 Å². The normalized spacial score (nSPS) is 17.2. The molecule has 1 unspecified atom stereocenters. The maximum absolute atomic E-state index is 14.5. The average Bonchev–Trinajstić information content (AvgIpc) is 3.09. The minimum absolute atomic E-state index is 0.0862. The quantitative estimate of drug-likeness (QED) is 0.404. The highest BCUT2D eigenvalue weighted by atomic mass is 32.2. The van der Waals surface area contributed by atoms with E-state index in [1.54, 1.807) is 18.3 Å². The fourth-order valence-electron chi connectivity index (χ4n) is 3.34. The molecule has 1 N–H and O–H groups in total. The molecule has 11 heteroatoms. The number of alkyl halides is 3. The molecule has 0 bridgehead atoms. The van der Waals surface area contributed by atoms with Crippen molar-refractivity contribution < 1.29 is 26.3 Å². The third-order valence-corrected chi connectivity index (χ3v) is 5.93. The van der Waals surface area contributed by atoms with Gasteiger partial charge in [0.05, 0.1) is 34.5 Å². The average molecular weight is 444 g/mol. The van der Waals surface area contributed by atoms with Crippen LogP contribution >= 0.6 is 11.9 Å². The van der Waals surface area contributed by atoms with Gasteiger partial charge in [-0.25, -0.2) is 27.4 Å². The van der Waals surface area contributed by atoms with E-state index in [2.05, 4.69) is 15.0 Å². The maximum atomic E-state index is 14.5. The van der Waals surface area contributed by atoms with E-state index in [9.17, 15) is 26.3 Å². The van der Waals surface area contributed by atoms with Crippen molar-refractivity contribution in [1.82, 2.24) is 19.3 Å². The zero-order chi connectivity index (χ0) is 21.8. The summed E-state index contributed by atoms with van der Waals surface area (Å²) in [5.41, 5.74) is -1.29. The van der Waals surface area contributed by atoms with E-state index in [1.807, 2.05) is 0 Å². The van der Waals surface area contributed by atoms with Crippen molar-refractivity contribution >= 4 is 22.9 Å². The standard InChI is InChI=1S/C19H14F6N4S/c1-8-12(21)5-14(8)29(2)30-15-3-10-16(18-26-6-9(20)7-27-18)11(19(23,24)25)4-13(22)17(10)28-15/h3-4,6-7,14,28H,5H2,1-2H3. The molecule has 0 amide bonds. The van der Waals surface area contributed by atoms with Crippen molar-refractivity contribution in [2.45, 2.75) is 30.6 Å². The van der Waals surface area contributed by atoms with Crippen LogP contribution in [0.4, 0.5) is 26.3 Å². The summed E-state index contributed by atoms with van der Waals surface area (Å²) in [5.74, 6) is -2.48. The van der Waals surface area contributed by atoms with Gasteiger partial charge in [-0.1, -0.05) is 0 Å². The molecule has 0 saturated carbocycles. The van der Waals surface area contributed by atoms with E-state index in [0.29, 0.717) is 16.7 Å². The molecule has 1 aliphatic rings. The Morgan fingerprint density at radius 3 is 2.37 bits per heavy atom. The summed E-state index contributed by atoms with van der Waals surface area (Å²) >= 11 is 1.12. The van der Waals surface area contributed by atoms with Crippen LogP contribution in [-0.2, 0) is 6.18 Å². The highest BCUT2D eigenvalue weighted by Gasteiger charge is 2.37. The lowest BCUT2D eigenvalue weighted by atomic mass is 9.92. The third kappa shape index (κ3) is 3.56. The van der Waals surface area contributed by atoms with Crippen LogP contribution in [0.15, 0.2) is 41.0 Å². The Bertz CT molecular complexity index is 1150. The fraction of sp³-hybridized carbons (Fsp3) is 0.263. The van der Waals surface area contributed by atoms with Gasteiger partial charge in [0.25, 0.3) is 0 Å². The van der Waals surface area contributed by atoms with Gasteiger partial charge in [0.1, 0.15) is 11.6 Å². The van der Waals surface area contributed by atoms with Crippen molar-refractivity contribution in [1.29, 1.82) is 0 Å². The van der Waals surface area contributed by atoms with Crippen molar-refractivity contribution in [2.24, 2.45) is 0 Å². The topological polar surface area (TPSA) is 44.8 Å². The second-order valence-electron chi connectivity index (χ2n) is 6.87. The summed E-state index contributed by atoms with van der Waals surface area (Å²) in [5, 5.41) is 0.270. The number of hydrogen-bond acceptors (Lipinski definition) is 4. The maximum Gasteiger partial charge on any atom is 0.417 e. The molecule has 3 aromatic rings. The highest BCUT2D eigenvalue weighted by molar-refractivity contribution is 7.97. The molecule has 0 aliphatic heterocycles. The largest absolute Gasteiger partial charge is 0.417 e. The van der Waals surface area contributed by atoms with Crippen LogP contribution in [-0.4, -0.2) is 32.3 Å². The van der Waals surface area contributed by atoms with Gasteiger partial charge in [0.15, 0.2) is 11.6 Å². The van der Waals surface area contributed by atoms with Crippen LogP contribution in [0.25, 0.3) is 22.3 Å². The second kappa shape index (κ2) is 7.31. The summed E-state index contributed by atoms with van der Waals surface area (Å²) < 4.78 is 83.6. The fourth-order valence-corrected chi connectivity index (χ4v) is 4.33. The first kappa shape index (κ1) is 20.7. The number of fused-ring (bicyclic) bond motifs is 1. The number of nitrogens with one attached hydrogen (secondary N) is 1. The molecule has 4 rings (SSSR count). The Hall–Kier alpha value is -2.53.